The molecule has 8 nitrogen and oxygen atoms in total. The topological polar surface area (TPSA) is 97.3 Å². The van der Waals surface area contributed by atoms with Gasteiger partial charge < -0.3 is 24.2 Å². The van der Waals surface area contributed by atoms with Crippen molar-refractivity contribution in [3.8, 4) is 17.2 Å². The van der Waals surface area contributed by atoms with Crippen molar-refractivity contribution in [1.82, 2.24) is 5.32 Å². The zero-order valence-corrected chi connectivity index (χ0v) is 21.9. The SMILES string of the molecule is COc1cc(O)c([C@]2(NC(=O)OC(C)(C)C)C(=O)N(Cc3ccccc3)c3c(C)cccc32)cc1OC. The van der Waals surface area contributed by atoms with Crippen LogP contribution in [0.5, 0.6) is 17.2 Å². The largest absolute Gasteiger partial charge is 0.507 e. The molecule has 1 atom stereocenters. The van der Waals surface area contributed by atoms with Crippen LogP contribution in [-0.2, 0) is 21.6 Å². The molecule has 1 aliphatic heterocycles. The molecule has 3 aromatic rings. The van der Waals surface area contributed by atoms with E-state index in [0.29, 0.717) is 17.0 Å². The van der Waals surface area contributed by atoms with Gasteiger partial charge in [0.2, 0.25) is 0 Å². The van der Waals surface area contributed by atoms with E-state index in [1.165, 1.54) is 26.4 Å². The average Bonchev–Trinajstić information content (AvgIpc) is 3.07. The first-order valence-electron chi connectivity index (χ1n) is 11.9. The van der Waals surface area contributed by atoms with E-state index in [-0.39, 0.29) is 23.6 Å². The van der Waals surface area contributed by atoms with Crippen molar-refractivity contribution in [2.24, 2.45) is 0 Å². The minimum Gasteiger partial charge on any atom is -0.507 e. The van der Waals surface area contributed by atoms with Crippen LogP contribution in [0, 0.1) is 6.92 Å². The Kier molecular flexibility index (Phi) is 6.78. The minimum atomic E-state index is -1.79. The maximum absolute atomic E-state index is 14.5. The van der Waals surface area contributed by atoms with Crippen molar-refractivity contribution in [2.75, 3.05) is 19.1 Å². The predicted octanol–water partition coefficient (Wildman–Crippen LogP) is 5.03. The fourth-order valence-electron chi connectivity index (χ4n) is 4.73. The molecule has 1 aliphatic rings. The fraction of sp³-hybridized carbons (Fsp3) is 0.310. The summed E-state index contributed by atoms with van der Waals surface area (Å²) in [5.74, 6) is -0.0958. The van der Waals surface area contributed by atoms with Gasteiger partial charge in [0.25, 0.3) is 5.91 Å². The van der Waals surface area contributed by atoms with E-state index in [2.05, 4.69) is 5.32 Å². The lowest BCUT2D eigenvalue weighted by molar-refractivity contribution is -0.123. The van der Waals surface area contributed by atoms with Crippen LogP contribution >= 0.6 is 0 Å². The highest BCUT2D eigenvalue weighted by molar-refractivity contribution is 6.12. The number of fused-ring (bicyclic) bond motifs is 1. The highest BCUT2D eigenvalue weighted by Gasteiger charge is 2.56. The Morgan fingerprint density at radius 1 is 0.973 bits per heavy atom. The molecular weight excluding hydrogens is 472 g/mol. The monoisotopic (exact) mass is 504 g/mol. The van der Waals surface area contributed by atoms with E-state index in [0.717, 1.165) is 11.1 Å². The van der Waals surface area contributed by atoms with E-state index in [9.17, 15) is 14.7 Å². The van der Waals surface area contributed by atoms with Gasteiger partial charge >= 0.3 is 6.09 Å². The molecule has 2 N–H and O–H groups in total. The summed E-state index contributed by atoms with van der Waals surface area (Å²) in [6, 6.07) is 18.0. The zero-order valence-electron chi connectivity index (χ0n) is 21.9. The smallest absolute Gasteiger partial charge is 0.409 e. The van der Waals surface area contributed by atoms with E-state index in [1.54, 1.807) is 31.7 Å². The number of anilines is 1. The summed E-state index contributed by atoms with van der Waals surface area (Å²) in [5.41, 5.74) is 0.462. The highest BCUT2D eigenvalue weighted by atomic mass is 16.6. The van der Waals surface area contributed by atoms with Crippen molar-refractivity contribution in [1.29, 1.82) is 0 Å². The van der Waals surface area contributed by atoms with Gasteiger partial charge in [-0.05, 0) is 44.9 Å². The van der Waals surface area contributed by atoms with Gasteiger partial charge in [0, 0.05) is 17.2 Å². The molecule has 0 aliphatic carbocycles. The molecule has 1 heterocycles. The quantitative estimate of drug-likeness (QED) is 0.489. The first kappa shape index (κ1) is 25.9. The van der Waals surface area contributed by atoms with Gasteiger partial charge in [0.15, 0.2) is 17.0 Å². The molecule has 0 aromatic heterocycles. The van der Waals surface area contributed by atoms with Gasteiger partial charge in [-0.25, -0.2) is 4.79 Å². The first-order valence-corrected chi connectivity index (χ1v) is 11.9. The lowest BCUT2D eigenvalue weighted by Gasteiger charge is -2.32. The molecule has 0 spiro atoms. The van der Waals surface area contributed by atoms with E-state index >= 15 is 0 Å². The molecule has 3 aromatic carbocycles. The maximum atomic E-state index is 14.5. The third kappa shape index (κ3) is 4.67. The number of para-hydroxylation sites is 1. The summed E-state index contributed by atoms with van der Waals surface area (Å²) in [4.78, 5) is 29.4. The Balaban J connectivity index is 1.99. The third-order valence-corrected chi connectivity index (χ3v) is 6.26. The van der Waals surface area contributed by atoms with Crippen LogP contribution in [-0.4, -0.2) is 36.9 Å². The van der Waals surface area contributed by atoms with Crippen molar-refractivity contribution < 1.29 is 28.9 Å². The number of methoxy groups -OCH3 is 2. The van der Waals surface area contributed by atoms with Gasteiger partial charge in [0.1, 0.15) is 11.4 Å². The van der Waals surface area contributed by atoms with Crippen LogP contribution < -0.4 is 19.7 Å². The van der Waals surface area contributed by atoms with Gasteiger partial charge in [-0.3, -0.25) is 10.1 Å². The summed E-state index contributed by atoms with van der Waals surface area (Å²) in [6.07, 6.45) is -0.802. The number of benzene rings is 3. The number of hydrogen-bond donors (Lipinski definition) is 2. The molecule has 4 rings (SSSR count). The predicted molar refractivity (Wildman–Crippen MR) is 140 cm³/mol. The highest BCUT2D eigenvalue weighted by Crippen LogP contribution is 2.51. The Bertz CT molecular complexity index is 1330. The second-order valence-corrected chi connectivity index (χ2v) is 9.95. The molecule has 0 unspecified atom stereocenters. The zero-order chi connectivity index (χ0) is 27.0. The fourth-order valence-corrected chi connectivity index (χ4v) is 4.73. The molecule has 0 bridgehead atoms. The van der Waals surface area contributed by atoms with Crippen molar-refractivity contribution in [3.63, 3.8) is 0 Å². The van der Waals surface area contributed by atoms with Gasteiger partial charge in [-0.2, -0.15) is 0 Å². The lowest BCUT2D eigenvalue weighted by atomic mass is 9.82. The number of amides is 2. The summed E-state index contributed by atoms with van der Waals surface area (Å²) in [7, 11) is 2.91. The Labute approximate surface area is 216 Å². The van der Waals surface area contributed by atoms with Gasteiger partial charge in [-0.1, -0.05) is 48.5 Å². The van der Waals surface area contributed by atoms with E-state index in [1.807, 2.05) is 49.4 Å². The molecule has 2 amide bonds. The molecule has 0 fully saturated rings. The minimum absolute atomic E-state index is 0.142. The number of aromatic hydroxyl groups is 1. The van der Waals surface area contributed by atoms with Crippen molar-refractivity contribution in [3.05, 3.63) is 82.9 Å². The number of aryl methyl sites for hydroxylation is 1. The number of carbonyl (C=O) groups is 2. The van der Waals surface area contributed by atoms with Crippen LogP contribution in [0.4, 0.5) is 10.5 Å². The van der Waals surface area contributed by atoms with Gasteiger partial charge in [0.05, 0.1) is 26.5 Å². The summed E-state index contributed by atoms with van der Waals surface area (Å²) in [5, 5.41) is 14.0. The van der Waals surface area contributed by atoms with E-state index in [4.69, 9.17) is 14.2 Å². The molecule has 0 saturated heterocycles. The molecule has 0 saturated carbocycles. The number of phenols is 1. The second-order valence-electron chi connectivity index (χ2n) is 9.95. The van der Waals surface area contributed by atoms with Crippen LogP contribution in [0.3, 0.4) is 0 Å². The number of hydrogen-bond acceptors (Lipinski definition) is 6. The maximum Gasteiger partial charge on any atom is 0.409 e. The Hall–Kier alpha value is -4.20. The first-order chi connectivity index (χ1) is 17.5. The van der Waals surface area contributed by atoms with Crippen LogP contribution in [0.2, 0.25) is 0 Å². The van der Waals surface area contributed by atoms with Gasteiger partial charge in [-0.15, -0.1) is 0 Å². The van der Waals surface area contributed by atoms with Crippen LogP contribution in [0.25, 0.3) is 0 Å². The van der Waals surface area contributed by atoms with Crippen LogP contribution in [0.1, 0.15) is 43.0 Å². The molecule has 8 heteroatoms. The molecule has 194 valence electrons. The number of nitrogens with zero attached hydrogens (tertiary/aromatic N) is 1. The number of nitrogens with one attached hydrogen (secondary N) is 1. The second kappa shape index (κ2) is 9.69. The lowest BCUT2D eigenvalue weighted by Crippen LogP contribution is -2.54. The van der Waals surface area contributed by atoms with Crippen molar-refractivity contribution in [2.45, 2.75) is 45.4 Å². The summed E-state index contributed by atoms with van der Waals surface area (Å²) >= 11 is 0. The standard InChI is InChI=1S/C29H32N2O6/c1-18-11-10-14-20-25(18)31(17-19-12-8-7-9-13-19)26(33)29(20,30-27(34)37-28(2,3)4)21-15-23(35-5)24(36-6)16-22(21)32/h7-16,32H,17H2,1-6H3,(H,30,34)/t29-/m0/s1. The molecule has 37 heavy (non-hydrogen) atoms. The van der Waals surface area contributed by atoms with E-state index < -0.39 is 23.1 Å². The number of rotatable bonds is 6. The summed E-state index contributed by atoms with van der Waals surface area (Å²) in [6.45, 7) is 7.39. The Morgan fingerprint density at radius 3 is 2.24 bits per heavy atom. The molecule has 0 radical (unpaired) electrons. The summed E-state index contributed by atoms with van der Waals surface area (Å²) < 4.78 is 16.4. The van der Waals surface area contributed by atoms with Crippen molar-refractivity contribution >= 4 is 17.7 Å². The number of ether oxygens (including phenoxy) is 3. The number of carbonyl (C=O) groups excluding carboxylic acids is 2. The third-order valence-electron chi connectivity index (χ3n) is 6.26. The normalized spacial score (nSPS) is 16.8. The number of alkyl carbamates (subject to hydrolysis) is 1. The van der Waals surface area contributed by atoms with Crippen LogP contribution in [0.15, 0.2) is 60.7 Å². The number of phenolic OH excluding ortho intramolecular Hbond substituents is 1. The Morgan fingerprint density at radius 2 is 1.62 bits per heavy atom. The molecular formula is C29H32N2O6. The average molecular weight is 505 g/mol.